The van der Waals surface area contributed by atoms with Gasteiger partial charge in [0.15, 0.2) is 0 Å². The van der Waals surface area contributed by atoms with Crippen LogP contribution in [0.15, 0.2) is 36.3 Å². The first-order chi connectivity index (χ1) is 13.6. The van der Waals surface area contributed by atoms with E-state index in [9.17, 15) is 0 Å². The summed E-state index contributed by atoms with van der Waals surface area (Å²) in [7, 11) is 4.26. The van der Waals surface area contributed by atoms with Gasteiger partial charge in [-0.2, -0.15) is 0 Å². The standard InChI is InChI=1S/C23H39N5O/c1-21(2,14-24)17-29-18-22(3,4)15-28(13-20-25-9-11-26(20)5)16-23-12-19(23)8-7-10-27(23)6/h7-11H,12-18,24H2,1-6H3. The number of fused-ring (bicyclic) bond motifs is 1. The van der Waals surface area contributed by atoms with Gasteiger partial charge >= 0.3 is 0 Å². The second kappa shape index (κ2) is 8.25. The first kappa shape index (κ1) is 22.1. The zero-order valence-corrected chi connectivity index (χ0v) is 19.1. The Labute approximate surface area is 176 Å². The average molecular weight is 402 g/mol. The van der Waals surface area contributed by atoms with Gasteiger partial charge < -0.3 is 19.9 Å². The minimum atomic E-state index is 0.0204. The number of aromatic nitrogens is 2. The van der Waals surface area contributed by atoms with Crippen molar-refractivity contribution < 1.29 is 4.74 Å². The van der Waals surface area contributed by atoms with Crippen LogP contribution < -0.4 is 5.73 Å². The third-order valence-corrected chi connectivity index (χ3v) is 6.20. The maximum atomic E-state index is 6.10. The molecule has 2 N–H and O–H groups in total. The first-order valence-electron chi connectivity index (χ1n) is 10.6. The van der Waals surface area contributed by atoms with Crippen molar-refractivity contribution in [3.8, 4) is 0 Å². The summed E-state index contributed by atoms with van der Waals surface area (Å²) in [5.74, 6) is 1.10. The van der Waals surface area contributed by atoms with Crippen LogP contribution in [0.4, 0.5) is 0 Å². The molecule has 0 saturated heterocycles. The lowest BCUT2D eigenvalue weighted by Gasteiger charge is -2.38. The largest absolute Gasteiger partial charge is 0.380 e. The van der Waals surface area contributed by atoms with Crippen molar-refractivity contribution in [3.63, 3.8) is 0 Å². The number of allylic oxidation sites excluding steroid dienone is 2. The van der Waals surface area contributed by atoms with Gasteiger partial charge in [-0.1, -0.05) is 33.8 Å². The van der Waals surface area contributed by atoms with E-state index in [1.807, 2.05) is 12.4 Å². The third-order valence-electron chi connectivity index (χ3n) is 6.20. The monoisotopic (exact) mass is 401 g/mol. The zero-order valence-electron chi connectivity index (χ0n) is 19.1. The number of imidazole rings is 1. The normalized spacial score (nSPS) is 21.5. The van der Waals surface area contributed by atoms with E-state index >= 15 is 0 Å². The molecule has 1 aliphatic heterocycles. The number of nitrogens with two attached hydrogens (primary N) is 1. The molecule has 0 aromatic carbocycles. The van der Waals surface area contributed by atoms with Crippen molar-refractivity contribution in [2.45, 2.75) is 46.2 Å². The summed E-state index contributed by atoms with van der Waals surface area (Å²) in [6, 6.07) is 0. The summed E-state index contributed by atoms with van der Waals surface area (Å²) in [5.41, 5.74) is 7.59. The molecule has 0 bridgehead atoms. The fraction of sp³-hybridized carbons (Fsp3) is 0.696. The van der Waals surface area contributed by atoms with Crippen LogP contribution in [0.1, 0.15) is 39.9 Å². The van der Waals surface area contributed by atoms with Gasteiger partial charge in [0.2, 0.25) is 0 Å². The molecule has 6 nitrogen and oxygen atoms in total. The summed E-state index contributed by atoms with van der Waals surface area (Å²) in [4.78, 5) is 9.50. The summed E-state index contributed by atoms with van der Waals surface area (Å²) in [5, 5.41) is 0. The maximum Gasteiger partial charge on any atom is 0.122 e. The lowest BCUT2D eigenvalue weighted by molar-refractivity contribution is 0.000140. The summed E-state index contributed by atoms with van der Waals surface area (Å²) < 4.78 is 8.22. The molecule has 2 aliphatic rings. The molecule has 3 rings (SSSR count). The molecule has 162 valence electrons. The van der Waals surface area contributed by atoms with E-state index in [4.69, 9.17) is 10.5 Å². The molecular formula is C23H39N5O. The molecule has 1 saturated carbocycles. The van der Waals surface area contributed by atoms with E-state index < -0.39 is 0 Å². The molecule has 0 spiro atoms. The van der Waals surface area contributed by atoms with Crippen LogP contribution in [-0.2, 0) is 18.3 Å². The van der Waals surface area contributed by atoms with Crippen molar-refractivity contribution in [2.75, 3.05) is 39.9 Å². The Hall–Kier alpha value is -1.63. The van der Waals surface area contributed by atoms with E-state index in [2.05, 4.69) is 79.5 Å². The number of ether oxygens (including phenoxy) is 1. The zero-order chi connectivity index (χ0) is 21.3. The Morgan fingerprint density at radius 1 is 1.21 bits per heavy atom. The van der Waals surface area contributed by atoms with Crippen LogP contribution in [0, 0.1) is 10.8 Å². The fourth-order valence-electron chi connectivity index (χ4n) is 4.14. The average Bonchev–Trinajstić information content (AvgIpc) is 3.22. The highest BCUT2D eigenvalue weighted by Gasteiger charge is 2.53. The molecule has 29 heavy (non-hydrogen) atoms. The SMILES string of the molecule is CN1C=CC=C2CC21CN(Cc1nccn1C)CC(C)(C)COCC(C)(C)CN. The Morgan fingerprint density at radius 3 is 2.55 bits per heavy atom. The van der Waals surface area contributed by atoms with Gasteiger partial charge in [-0.3, -0.25) is 4.90 Å². The molecular weight excluding hydrogens is 362 g/mol. The molecule has 6 heteroatoms. The topological polar surface area (TPSA) is 59.5 Å². The van der Waals surface area contributed by atoms with Crippen molar-refractivity contribution in [1.29, 1.82) is 0 Å². The minimum Gasteiger partial charge on any atom is -0.380 e. The Bertz CT molecular complexity index is 763. The Morgan fingerprint density at radius 2 is 1.93 bits per heavy atom. The van der Waals surface area contributed by atoms with Crippen LogP contribution in [0.2, 0.25) is 0 Å². The predicted molar refractivity (Wildman–Crippen MR) is 118 cm³/mol. The van der Waals surface area contributed by atoms with E-state index in [0.717, 1.165) is 38.5 Å². The highest BCUT2D eigenvalue weighted by Crippen LogP contribution is 2.50. The van der Waals surface area contributed by atoms with Crippen molar-refractivity contribution in [3.05, 3.63) is 42.1 Å². The van der Waals surface area contributed by atoms with Crippen LogP contribution in [-0.4, -0.2) is 64.8 Å². The third kappa shape index (κ3) is 5.30. The van der Waals surface area contributed by atoms with E-state index in [0.29, 0.717) is 13.2 Å². The van der Waals surface area contributed by atoms with Gasteiger partial charge in [-0.15, -0.1) is 0 Å². The van der Waals surface area contributed by atoms with Gasteiger partial charge in [0, 0.05) is 50.4 Å². The van der Waals surface area contributed by atoms with Gasteiger partial charge in [-0.05, 0) is 30.8 Å². The number of rotatable bonds is 11. The number of likely N-dealkylation sites (N-methyl/N-ethyl adjacent to an activating group) is 1. The number of nitrogens with zero attached hydrogens (tertiary/aromatic N) is 4. The molecule has 0 radical (unpaired) electrons. The van der Waals surface area contributed by atoms with Gasteiger partial charge in [0.25, 0.3) is 0 Å². The Kier molecular flexibility index (Phi) is 6.27. The molecule has 0 amide bonds. The summed E-state index contributed by atoms with van der Waals surface area (Å²) in [6.45, 7) is 13.7. The molecule has 1 atom stereocenters. The lowest BCUT2D eigenvalue weighted by Crippen LogP contribution is -2.47. The fourth-order valence-corrected chi connectivity index (χ4v) is 4.14. The molecule has 1 aromatic rings. The van der Waals surface area contributed by atoms with Crippen molar-refractivity contribution in [2.24, 2.45) is 23.6 Å². The molecule has 1 unspecified atom stereocenters. The minimum absolute atomic E-state index is 0.0204. The molecule has 1 aliphatic carbocycles. The Balaban J connectivity index is 1.67. The molecule has 1 aromatic heterocycles. The van der Waals surface area contributed by atoms with E-state index in [1.54, 1.807) is 0 Å². The first-order valence-corrected chi connectivity index (χ1v) is 10.6. The number of hydrogen-bond acceptors (Lipinski definition) is 5. The van der Waals surface area contributed by atoms with Crippen LogP contribution in [0.5, 0.6) is 0 Å². The highest BCUT2D eigenvalue weighted by atomic mass is 16.5. The van der Waals surface area contributed by atoms with Gasteiger partial charge in [0.05, 0.1) is 25.3 Å². The van der Waals surface area contributed by atoms with Gasteiger partial charge in [0.1, 0.15) is 5.82 Å². The van der Waals surface area contributed by atoms with Crippen LogP contribution in [0.3, 0.4) is 0 Å². The number of hydrogen-bond donors (Lipinski definition) is 1. The van der Waals surface area contributed by atoms with Crippen LogP contribution in [0.25, 0.3) is 0 Å². The molecule has 1 fully saturated rings. The van der Waals surface area contributed by atoms with Crippen molar-refractivity contribution >= 4 is 0 Å². The lowest BCUT2D eigenvalue weighted by atomic mass is 9.92. The summed E-state index contributed by atoms with van der Waals surface area (Å²) >= 11 is 0. The second-order valence-corrected chi connectivity index (χ2v) is 10.5. The second-order valence-electron chi connectivity index (χ2n) is 10.5. The van der Waals surface area contributed by atoms with Crippen molar-refractivity contribution in [1.82, 2.24) is 19.4 Å². The summed E-state index contributed by atoms with van der Waals surface area (Å²) in [6.07, 6.45) is 11.7. The predicted octanol–water partition coefficient (Wildman–Crippen LogP) is 2.78. The maximum absolute atomic E-state index is 6.10. The van der Waals surface area contributed by atoms with E-state index in [-0.39, 0.29) is 16.4 Å². The molecule has 2 heterocycles. The highest BCUT2D eigenvalue weighted by molar-refractivity contribution is 5.46. The van der Waals surface area contributed by atoms with Gasteiger partial charge in [-0.25, -0.2) is 4.98 Å². The smallest absolute Gasteiger partial charge is 0.122 e. The number of aryl methyl sites for hydroxylation is 1. The quantitative estimate of drug-likeness (QED) is 0.618. The van der Waals surface area contributed by atoms with Crippen LogP contribution >= 0.6 is 0 Å². The van der Waals surface area contributed by atoms with E-state index in [1.165, 1.54) is 5.57 Å².